The highest BCUT2D eigenvalue weighted by Crippen LogP contribution is 2.29. The molecule has 0 bridgehead atoms. The van der Waals surface area contributed by atoms with Crippen LogP contribution in [-0.4, -0.2) is 35.4 Å². The Morgan fingerprint density at radius 3 is 2.57 bits per heavy atom. The van der Waals surface area contributed by atoms with Crippen molar-refractivity contribution in [2.45, 2.75) is 17.9 Å². The van der Waals surface area contributed by atoms with Crippen LogP contribution in [0.5, 0.6) is 0 Å². The van der Waals surface area contributed by atoms with Crippen LogP contribution in [0.3, 0.4) is 0 Å². The minimum Gasteiger partial charge on any atom is -0.398 e. The Labute approximate surface area is 170 Å². The number of nitrogens with one attached hydrogen (secondary N) is 2. The molecule has 1 amide bonds. The number of anilines is 2. The van der Waals surface area contributed by atoms with E-state index < -0.39 is 32.5 Å². The van der Waals surface area contributed by atoms with Crippen molar-refractivity contribution in [2.75, 3.05) is 17.6 Å². The van der Waals surface area contributed by atoms with Crippen molar-refractivity contribution in [3.63, 3.8) is 0 Å². The first-order valence-corrected chi connectivity index (χ1v) is 10.4. The van der Waals surface area contributed by atoms with Gasteiger partial charge in [0.05, 0.1) is 10.5 Å². The highest BCUT2D eigenvalue weighted by atomic mass is 32.2. The second-order valence-electron chi connectivity index (χ2n) is 6.76. The predicted molar refractivity (Wildman–Crippen MR) is 105 cm³/mol. The first kappa shape index (κ1) is 20.0. The number of nitrogens with two attached hydrogens (primary N) is 1. The Balaban J connectivity index is 1.60. The standard InChI is InChI=1S/C19H17F2N5O3S/c20-11-7-12(21)9-13(8-11)30(28,29)26-6-5-17-15(10-26)18(25-24-17)23-19(27)14-3-1-2-4-16(14)22/h1-4,7-9H,5-6,10,22H2,(H2,23,24,25,27). The van der Waals surface area contributed by atoms with Gasteiger partial charge in [0.1, 0.15) is 11.6 Å². The molecule has 1 aromatic heterocycles. The van der Waals surface area contributed by atoms with Crippen LogP contribution in [0, 0.1) is 11.6 Å². The number of carbonyl (C=O) groups excluding carboxylic acids is 1. The highest BCUT2D eigenvalue weighted by molar-refractivity contribution is 7.89. The van der Waals surface area contributed by atoms with Gasteiger partial charge in [0, 0.05) is 42.5 Å². The number of para-hydroxylation sites is 1. The number of aromatic amines is 1. The molecule has 0 saturated heterocycles. The van der Waals surface area contributed by atoms with Gasteiger partial charge in [-0.2, -0.15) is 9.40 Å². The first-order chi connectivity index (χ1) is 14.3. The number of hydrogen-bond donors (Lipinski definition) is 3. The lowest BCUT2D eigenvalue weighted by molar-refractivity contribution is 0.102. The second kappa shape index (κ2) is 7.50. The SMILES string of the molecule is Nc1ccccc1C(=O)Nc1n[nH]c2c1CN(S(=O)(=O)c1cc(F)cc(F)c1)CC2. The summed E-state index contributed by atoms with van der Waals surface area (Å²) >= 11 is 0. The molecule has 0 spiro atoms. The monoisotopic (exact) mass is 433 g/mol. The van der Waals surface area contributed by atoms with Gasteiger partial charge in [-0.1, -0.05) is 12.1 Å². The smallest absolute Gasteiger partial charge is 0.258 e. The molecule has 11 heteroatoms. The maximum Gasteiger partial charge on any atom is 0.258 e. The highest BCUT2D eigenvalue weighted by Gasteiger charge is 2.32. The van der Waals surface area contributed by atoms with Crippen LogP contribution >= 0.6 is 0 Å². The summed E-state index contributed by atoms with van der Waals surface area (Å²) < 4.78 is 53.9. The Bertz CT molecular complexity index is 1220. The first-order valence-electron chi connectivity index (χ1n) is 8.94. The third-order valence-corrected chi connectivity index (χ3v) is 6.63. The van der Waals surface area contributed by atoms with E-state index in [1.165, 1.54) is 0 Å². The number of nitrogens with zero attached hydrogens (tertiary/aromatic N) is 2. The number of halogens is 2. The molecule has 8 nitrogen and oxygen atoms in total. The van der Waals surface area contributed by atoms with Crippen LogP contribution < -0.4 is 11.1 Å². The molecule has 0 saturated carbocycles. The summed E-state index contributed by atoms with van der Waals surface area (Å²) in [6.07, 6.45) is 0.294. The molecule has 156 valence electrons. The Hall–Kier alpha value is -3.31. The van der Waals surface area contributed by atoms with Crippen molar-refractivity contribution >= 4 is 27.4 Å². The third kappa shape index (κ3) is 3.64. The van der Waals surface area contributed by atoms with Gasteiger partial charge in [0.25, 0.3) is 5.91 Å². The Morgan fingerprint density at radius 1 is 1.17 bits per heavy atom. The average Bonchev–Trinajstić information content (AvgIpc) is 3.09. The number of hydrogen-bond acceptors (Lipinski definition) is 5. The van der Waals surface area contributed by atoms with Gasteiger partial charge in [-0.25, -0.2) is 17.2 Å². The van der Waals surface area contributed by atoms with Gasteiger partial charge in [-0.05, 0) is 24.3 Å². The van der Waals surface area contributed by atoms with Crippen molar-refractivity contribution in [3.05, 3.63) is 70.9 Å². The van der Waals surface area contributed by atoms with E-state index in [9.17, 15) is 22.0 Å². The Kier molecular flexibility index (Phi) is 5.00. The van der Waals surface area contributed by atoms with Crippen molar-refractivity contribution in [3.8, 4) is 0 Å². The van der Waals surface area contributed by atoms with Gasteiger partial charge in [0.15, 0.2) is 5.82 Å². The fourth-order valence-electron chi connectivity index (χ4n) is 3.28. The van der Waals surface area contributed by atoms with E-state index in [0.29, 0.717) is 23.7 Å². The largest absolute Gasteiger partial charge is 0.398 e. The van der Waals surface area contributed by atoms with Crippen LogP contribution in [-0.2, 0) is 23.0 Å². The molecule has 3 aromatic rings. The summed E-state index contributed by atoms with van der Waals surface area (Å²) in [5, 5.41) is 9.50. The number of fused-ring (bicyclic) bond motifs is 1. The number of carbonyl (C=O) groups is 1. The fourth-order valence-corrected chi connectivity index (χ4v) is 4.74. The summed E-state index contributed by atoms with van der Waals surface area (Å²) in [4.78, 5) is 12.1. The molecule has 4 rings (SSSR count). The molecule has 30 heavy (non-hydrogen) atoms. The molecule has 0 radical (unpaired) electrons. The van der Waals surface area contributed by atoms with Crippen LogP contribution in [0.25, 0.3) is 0 Å². The molecule has 2 heterocycles. The van der Waals surface area contributed by atoms with Crippen molar-refractivity contribution < 1.29 is 22.0 Å². The van der Waals surface area contributed by atoms with Crippen molar-refractivity contribution in [1.29, 1.82) is 0 Å². The molecule has 0 aliphatic carbocycles. The zero-order valence-electron chi connectivity index (χ0n) is 15.5. The molecular weight excluding hydrogens is 416 g/mol. The molecular formula is C19H17F2N5O3S. The van der Waals surface area contributed by atoms with Crippen LogP contribution in [0.15, 0.2) is 47.4 Å². The normalized spacial score (nSPS) is 14.3. The fraction of sp³-hybridized carbons (Fsp3) is 0.158. The van der Waals surface area contributed by atoms with Gasteiger partial charge in [0.2, 0.25) is 10.0 Å². The maximum absolute atomic E-state index is 13.5. The lowest BCUT2D eigenvalue weighted by Gasteiger charge is -2.26. The topological polar surface area (TPSA) is 121 Å². The van der Waals surface area contributed by atoms with Gasteiger partial charge >= 0.3 is 0 Å². The quantitative estimate of drug-likeness (QED) is 0.545. The van der Waals surface area contributed by atoms with E-state index in [2.05, 4.69) is 15.5 Å². The summed E-state index contributed by atoms with van der Waals surface area (Å²) in [5.41, 5.74) is 7.51. The molecule has 0 unspecified atom stereocenters. The molecule has 2 aromatic carbocycles. The number of sulfonamides is 1. The van der Waals surface area contributed by atoms with E-state index in [4.69, 9.17) is 5.73 Å². The molecule has 4 N–H and O–H groups in total. The van der Waals surface area contributed by atoms with Crippen LogP contribution in [0.2, 0.25) is 0 Å². The molecule has 1 aliphatic heterocycles. The van der Waals surface area contributed by atoms with Gasteiger partial charge in [-0.3, -0.25) is 9.89 Å². The van der Waals surface area contributed by atoms with E-state index in [-0.39, 0.29) is 30.2 Å². The third-order valence-electron chi connectivity index (χ3n) is 4.81. The molecule has 0 fully saturated rings. The number of rotatable bonds is 4. The van der Waals surface area contributed by atoms with Crippen LogP contribution in [0.1, 0.15) is 21.6 Å². The van der Waals surface area contributed by atoms with Gasteiger partial charge in [-0.15, -0.1) is 0 Å². The Morgan fingerprint density at radius 2 is 1.87 bits per heavy atom. The van der Waals surface area contributed by atoms with E-state index in [1.54, 1.807) is 24.3 Å². The van der Waals surface area contributed by atoms with Crippen molar-refractivity contribution in [2.24, 2.45) is 0 Å². The van der Waals surface area contributed by atoms with Gasteiger partial charge < -0.3 is 11.1 Å². The summed E-state index contributed by atoms with van der Waals surface area (Å²) in [7, 11) is -4.15. The minimum atomic E-state index is -4.15. The average molecular weight is 433 g/mol. The second-order valence-corrected chi connectivity index (χ2v) is 8.70. The zero-order valence-corrected chi connectivity index (χ0v) is 16.3. The summed E-state index contributed by atoms with van der Waals surface area (Å²) in [5.74, 6) is -2.29. The number of nitrogen functional groups attached to an aromatic ring is 1. The number of H-pyrrole nitrogens is 1. The lowest BCUT2D eigenvalue weighted by Crippen LogP contribution is -2.36. The van der Waals surface area contributed by atoms with E-state index in [1.807, 2.05) is 0 Å². The van der Waals surface area contributed by atoms with Crippen LogP contribution in [0.4, 0.5) is 20.3 Å². The minimum absolute atomic E-state index is 0.0919. The van der Waals surface area contributed by atoms with E-state index in [0.717, 1.165) is 16.4 Å². The number of benzene rings is 2. The summed E-state index contributed by atoms with van der Waals surface area (Å²) in [6, 6.07) is 8.64. The summed E-state index contributed by atoms with van der Waals surface area (Å²) in [6.45, 7) is -0.0269. The molecule has 1 aliphatic rings. The zero-order chi connectivity index (χ0) is 21.5. The van der Waals surface area contributed by atoms with E-state index >= 15 is 0 Å². The number of aromatic nitrogens is 2. The van der Waals surface area contributed by atoms with Crippen molar-refractivity contribution in [1.82, 2.24) is 14.5 Å². The predicted octanol–water partition coefficient (Wildman–Crippen LogP) is 2.27. The molecule has 0 atom stereocenters. The number of amides is 1. The lowest BCUT2D eigenvalue weighted by atomic mass is 10.1. The maximum atomic E-state index is 13.5.